The van der Waals surface area contributed by atoms with Gasteiger partial charge in [0.05, 0.1) is 11.5 Å². The smallest absolute Gasteiger partial charge is 0.292 e. The maximum atomic E-state index is 11.1. The van der Waals surface area contributed by atoms with Gasteiger partial charge >= 0.3 is 0 Å². The van der Waals surface area contributed by atoms with E-state index in [1.165, 1.54) is 6.07 Å². The van der Waals surface area contributed by atoms with E-state index < -0.39 is 4.92 Å². The van der Waals surface area contributed by atoms with Crippen molar-refractivity contribution in [2.75, 3.05) is 24.6 Å². The first-order chi connectivity index (χ1) is 9.15. The van der Waals surface area contributed by atoms with E-state index in [2.05, 4.69) is 0 Å². The quantitative estimate of drug-likeness (QED) is 0.633. The summed E-state index contributed by atoms with van der Waals surface area (Å²) in [5.41, 5.74) is 1.12. The zero-order valence-electron chi connectivity index (χ0n) is 10.7. The molecular formula is C13H18N2O4. The second kappa shape index (κ2) is 5.99. The van der Waals surface area contributed by atoms with Crippen molar-refractivity contribution >= 4 is 11.4 Å². The average molecular weight is 266 g/mol. The van der Waals surface area contributed by atoms with Crippen LogP contribution in [0, 0.1) is 16.0 Å². The van der Waals surface area contributed by atoms with E-state index >= 15 is 0 Å². The molecule has 1 fully saturated rings. The van der Waals surface area contributed by atoms with Crippen molar-refractivity contribution in [1.29, 1.82) is 0 Å². The predicted octanol–water partition coefficient (Wildman–Crippen LogP) is 1.30. The maximum absolute atomic E-state index is 11.1. The van der Waals surface area contributed by atoms with Gasteiger partial charge in [-0.3, -0.25) is 10.1 Å². The van der Waals surface area contributed by atoms with Gasteiger partial charge in [0.15, 0.2) is 0 Å². The van der Waals surface area contributed by atoms with E-state index in [-0.39, 0.29) is 24.8 Å². The molecule has 1 unspecified atom stereocenters. The van der Waals surface area contributed by atoms with Gasteiger partial charge in [0, 0.05) is 25.8 Å². The highest BCUT2D eigenvalue weighted by molar-refractivity contribution is 5.64. The third kappa shape index (κ3) is 3.02. The van der Waals surface area contributed by atoms with Crippen molar-refractivity contribution in [3.05, 3.63) is 33.9 Å². The molecule has 1 saturated heterocycles. The van der Waals surface area contributed by atoms with Crippen molar-refractivity contribution in [3.8, 4) is 0 Å². The Morgan fingerprint density at radius 1 is 1.42 bits per heavy atom. The van der Waals surface area contributed by atoms with Crippen LogP contribution in [-0.2, 0) is 6.61 Å². The molecule has 0 aromatic heterocycles. The first-order valence-corrected chi connectivity index (χ1v) is 6.39. The molecule has 2 N–H and O–H groups in total. The van der Waals surface area contributed by atoms with E-state index in [4.69, 9.17) is 5.11 Å². The monoisotopic (exact) mass is 266 g/mol. The number of hydrogen-bond donors (Lipinski definition) is 2. The highest BCUT2D eigenvalue weighted by Crippen LogP contribution is 2.32. The normalized spacial score (nSPS) is 19.5. The standard InChI is InChI=1S/C13H18N2O4/c16-8-10-3-4-12(13(6-10)15(18)19)14-5-1-2-11(7-14)9-17/h3-4,6,11,16-17H,1-2,5,7-9H2. The van der Waals surface area contributed by atoms with E-state index in [0.29, 0.717) is 17.8 Å². The third-order valence-electron chi connectivity index (χ3n) is 3.54. The van der Waals surface area contributed by atoms with Gasteiger partial charge in [-0.25, -0.2) is 0 Å². The summed E-state index contributed by atoms with van der Waals surface area (Å²) >= 11 is 0. The Kier molecular flexibility index (Phi) is 4.34. The molecule has 1 aliphatic heterocycles. The molecule has 1 aromatic carbocycles. The molecule has 0 amide bonds. The van der Waals surface area contributed by atoms with Gasteiger partial charge in [0.25, 0.3) is 5.69 Å². The number of nitrogens with zero attached hydrogens (tertiary/aromatic N) is 2. The van der Waals surface area contributed by atoms with Crippen LogP contribution in [0.1, 0.15) is 18.4 Å². The molecule has 1 aliphatic rings. The van der Waals surface area contributed by atoms with E-state index in [1.54, 1.807) is 12.1 Å². The van der Waals surface area contributed by atoms with Crippen LogP contribution >= 0.6 is 0 Å². The molecule has 1 atom stereocenters. The highest BCUT2D eigenvalue weighted by atomic mass is 16.6. The van der Waals surface area contributed by atoms with Gasteiger partial charge < -0.3 is 15.1 Å². The summed E-state index contributed by atoms with van der Waals surface area (Å²) in [6.45, 7) is 1.30. The number of piperidine rings is 1. The molecule has 0 radical (unpaired) electrons. The van der Waals surface area contributed by atoms with Crippen LogP contribution in [0.3, 0.4) is 0 Å². The minimum atomic E-state index is -0.420. The minimum Gasteiger partial charge on any atom is -0.396 e. The average Bonchev–Trinajstić information content (AvgIpc) is 2.46. The minimum absolute atomic E-state index is 0.0186. The Balaban J connectivity index is 2.30. The molecule has 1 aromatic rings. The molecule has 6 heteroatoms. The fourth-order valence-corrected chi connectivity index (χ4v) is 2.51. The van der Waals surface area contributed by atoms with Gasteiger partial charge in [0.1, 0.15) is 5.69 Å². The maximum Gasteiger partial charge on any atom is 0.292 e. The first-order valence-electron chi connectivity index (χ1n) is 6.39. The molecule has 0 bridgehead atoms. The van der Waals surface area contributed by atoms with Crippen molar-refractivity contribution in [1.82, 2.24) is 0 Å². The van der Waals surface area contributed by atoms with E-state index in [0.717, 1.165) is 19.4 Å². The van der Waals surface area contributed by atoms with E-state index in [9.17, 15) is 15.2 Å². The Morgan fingerprint density at radius 3 is 2.84 bits per heavy atom. The number of nitro benzene ring substituents is 1. The predicted molar refractivity (Wildman–Crippen MR) is 71.0 cm³/mol. The molecular weight excluding hydrogens is 248 g/mol. The third-order valence-corrected chi connectivity index (χ3v) is 3.54. The molecule has 2 rings (SSSR count). The van der Waals surface area contributed by atoms with Gasteiger partial charge in [-0.1, -0.05) is 6.07 Å². The lowest BCUT2D eigenvalue weighted by atomic mass is 9.98. The summed E-state index contributed by atoms with van der Waals surface area (Å²) < 4.78 is 0. The summed E-state index contributed by atoms with van der Waals surface area (Å²) in [7, 11) is 0. The van der Waals surface area contributed by atoms with Gasteiger partial charge in [-0.05, 0) is 30.4 Å². The number of hydrogen-bond acceptors (Lipinski definition) is 5. The Labute approximate surface area is 111 Å². The SMILES string of the molecule is O=[N+]([O-])c1cc(CO)ccc1N1CCCC(CO)C1. The lowest BCUT2D eigenvalue weighted by molar-refractivity contribution is -0.384. The van der Waals surface area contributed by atoms with Crippen molar-refractivity contribution < 1.29 is 15.1 Å². The number of nitro groups is 1. The summed E-state index contributed by atoms with van der Waals surface area (Å²) in [5, 5.41) is 29.4. The summed E-state index contributed by atoms with van der Waals surface area (Å²) in [4.78, 5) is 12.7. The summed E-state index contributed by atoms with van der Waals surface area (Å²) in [6.07, 6.45) is 1.87. The van der Waals surface area contributed by atoms with Gasteiger partial charge in [-0.15, -0.1) is 0 Å². The van der Waals surface area contributed by atoms with Gasteiger partial charge in [-0.2, -0.15) is 0 Å². The van der Waals surface area contributed by atoms with Crippen molar-refractivity contribution in [2.45, 2.75) is 19.4 Å². The topological polar surface area (TPSA) is 86.8 Å². The van der Waals surface area contributed by atoms with Crippen LogP contribution in [0.15, 0.2) is 18.2 Å². The van der Waals surface area contributed by atoms with Gasteiger partial charge in [0.2, 0.25) is 0 Å². The number of rotatable bonds is 4. The largest absolute Gasteiger partial charge is 0.396 e. The second-order valence-electron chi connectivity index (χ2n) is 4.88. The first kappa shape index (κ1) is 13.8. The number of aliphatic hydroxyl groups excluding tert-OH is 2. The molecule has 6 nitrogen and oxygen atoms in total. The van der Waals surface area contributed by atoms with Crippen LogP contribution in [0.2, 0.25) is 0 Å². The fraction of sp³-hybridized carbons (Fsp3) is 0.538. The Bertz CT molecular complexity index is 464. The molecule has 19 heavy (non-hydrogen) atoms. The number of aliphatic hydroxyl groups is 2. The van der Waals surface area contributed by atoms with Crippen molar-refractivity contribution in [2.24, 2.45) is 5.92 Å². The second-order valence-corrected chi connectivity index (χ2v) is 4.88. The van der Waals surface area contributed by atoms with Crippen LogP contribution in [0.25, 0.3) is 0 Å². The number of anilines is 1. The van der Waals surface area contributed by atoms with Crippen LogP contribution in [0.5, 0.6) is 0 Å². The summed E-state index contributed by atoms with van der Waals surface area (Å²) in [5.74, 6) is 0.172. The molecule has 1 heterocycles. The van der Waals surface area contributed by atoms with Crippen molar-refractivity contribution in [3.63, 3.8) is 0 Å². The molecule has 0 saturated carbocycles. The van der Waals surface area contributed by atoms with Crippen LogP contribution in [-0.4, -0.2) is 34.8 Å². The molecule has 0 aliphatic carbocycles. The van der Waals surface area contributed by atoms with E-state index in [1.807, 2.05) is 4.90 Å². The lowest BCUT2D eigenvalue weighted by Gasteiger charge is -2.33. The summed E-state index contributed by atoms with van der Waals surface area (Å²) in [6, 6.07) is 4.80. The zero-order valence-corrected chi connectivity index (χ0v) is 10.7. The lowest BCUT2D eigenvalue weighted by Crippen LogP contribution is -2.37. The number of benzene rings is 1. The zero-order chi connectivity index (χ0) is 13.8. The molecule has 104 valence electrons. The Morgan fingerprint density at radius 2 is 2.21 bits per heavy atom. The fourth-order valence-electron chi connectivity index (χ4n) is 2.51. The van der Waals surface area contributed by atoms with Crippen LogP contribution < -0.4 is 4.90 Å². The molecule has 0 spiro atoms. The highest BCUT2D eigenvalue weighted by Gasteiger charge is 2.25. The van der Waals surface area contributed by atoms with Crippen LogP contribution in [0.4, 0.5) is 11.4 Å². The Hall–Kier alpha value is -1.66.